The van der Waals surface area contributed by atoms with E-state index in [9.17, 15) is 14.4 Å². The number of para-hydroxylation sites is 1. The number of rotatable bonds is 4. The van der Waals surface area contributed by atoms with Gasteiger partial charge in [-0.3, -0.25) is 19.0 Å². The Hall–Kier alpha value is -5.43. The monoisotopic (exact) mass is 545 g/mol. The van der Waals surface area contributed by atoms with Gasteiger partial charge in [0.2, 0.25) is 5.91 Å². The lowest BCUT2D eigenvalue weighted by Crippen LogP contribution is -2.32. The smallest absolute Gasteiger partial charge is 0.264 e. The lowest BCUT2D eigenvalue weighted by molar-refractivity contribution is -0.126. The zero-order valence-corrected chi connectivity index (χ0v) is 22.5. The number of likely N-dealkylation sites (tertiary alicyclic amines) is 1. The highest BCUT2D eigenvalue weighted by Gasteiger charge is 2.26. The van der Waals surface area contributed by atoms with Crippen LogP contribution < -0.4 is 16.6 Å². The highest BCUT2D eigenvalue weighted by Crippen LogP contribution is 2.25. The second-order valence-corrected chi connectivity index (χ2v) is 10.1. The van der Waals surface area contributed by atoms with Crippen molar-refractivity contribution in [3.63, 3.8) is 0 Å². The number of benzene rings is 2. The maximum atomic E-state index is 14.2. The summed E-state index contributed by atoms with van der Waals surface area (Å²) in [5.41, 5.74) is 8.14. The molecule has 5 aromatic rings. The topological polar surface area (TPSA) is 128 Å². The molecule has 0 aliphatic carbocycles. The minimum atomic E-state index is -0.590. The molecule has 2 amide bonds. The van der Waals surface area contributed by atoms with Gasteiger partial charge in [0.1, 0.15) is 5.56 Å². The standard InChI is InChI=1S/C31H27N7O3/c1-19(34-30(40)27-28(32)35-37-15-7-14-33-29(27)37)24-17-22-9-6-8-21(13-12-20-16-25(39)36(2)18-20)26(22)31(41)38(24)23-10-4-3-5-11-23/h3-11,14-15,17,19-20H,16,18H2,1-2H3,(H2,32,35)(H,34,40)/t19-,20?/m0/s1. The maximum Gasteiger partial charge on any atom is 0.264 e. The van der Waals surface area contributed by atoms with Crippen molar-refractivity contribution in [1.82, 2.24) is 29.4 Å². The van der Waals surface area contributed by atoms with Crippen molar-refractivity contribution in [2.45, 2.75) is 19.4 Å². The van der Waals surface area contributed by atoms with Crippen LogP contribution in [0.25, 0.3) is 22.1 Å². The van der Waals surface area contributed by atoms with Gasteiger partial charge in [0.15, 0.2) is 11.5 Å². The van der Waals surface area contributed by atoms with E-state index >= 15 is 0 Å². The third-order valence-corrected chi connectivity index (χ3v) is 7.28. The summed E-state index contributed by atoms with van der Waals surface area (Å²) in [7, 11) is 1.77. The van der Waals surface area contributed by atoms with E-state index < -0.39 is 11.9 Å². The van der Waals surface area contributed by atoms with Gasteiger partial charge in [0, 0.05) is 55.3 Å². The van der Waals surface area contributed by atoms with Gasteiger partial charge in [0.25, 0.3) is 11.5 Å². The van der Waals surface area contributed by atoms with Crippen molar-refractivity contribution in [2.24, 2.45) is 5.92 Å². The molecule has 0 radical (unpaired) electrons. The van der Waals surface area contributed by atoms with E-state index in [1.807, 2.05) is 61.5 Å². The van der Waals surface area contributed by atoms with E-state index in [1.165, 1.54) is 4.52 Å². The molecule has 10 nitrogen and oxygen atoms in total. The third-order valence-electron chi connectivity index (χ3n) is 7.28. The van der Waals surface area contributed by atoms with Crippen LogP contribution in [0.2, 0.25) is 0 Å². The molecule has 0 bridgehead atoms. The molecule has 2 aromatic carbocycles. The normalized spacial score (nSPS) is 15.6. The van der Waals surface area contributed by atoms with Crippen LogP contribution in [-0.2, 0) is 4.79 Å². The van der Waals surface area contributed by atoms with E-state index in [0.717, 1.165) is 0 Å². The number of nitrogens with one attached hydrogen (secondary N) is 1. The Bertz CT molecular complexity index is 1950. The quantitative estimate of drug-likeness (QED) is 0.334. The lowest BCUT2D eigenvalue weighted by Gasteiger charge is -2.21. The lowest BCUT2D eigenvalue weighted by atomic mass is 10.0. The Balaban J connectivity index is 1.45. The average Bonchev–Trinajstić information content (AvgIpc) is 3.48. The summed E-state index contributed by atoms with van der Waals surface area (Å²) in [6, 6.07) is 17.8. The van der Waals surface area contributed by atoms with Crippen molar-refractivity contribution in [3.8, 4) is 17.5 Å². The largest absolute Gasteiger partial charge is 0.381 e. The van der Waals surface area contributed by atoms with Gasteiger partial charge in [-0.15, -0.1) is 5.10 Å². The summed E-state index contributed by atoms with van der Waals surface area (Å²) in [6.45, 7) is 2.38. The summed E-state index contributed by atoms with van der Waals surface area (Å²) in [5, 5.41) is 8.33. The molecule has 10 heteroatoms. The average molecular weight is 546 g/mol. The zero-order valence-electron chi connectivity index (χ0n) is 22.5. The van der Waals surface area contributed by atoms with Crippen molar-refractivity contribution in [1.29, 1.82) is 0 Å². The Morgan fingerprint density at radius 1 is 1.12 bits per heavy atom. The number of carbonyl (C=O) groups excluding carboxylic acids is 2. The number of fused-ring (bicyclic) bond motifs is 2. The number of nitrogen functional groups attached to an aromatic ring is 1. The van der Waals surface area contributed by atoms with Gasteiger partial charge in [-0.1, -0.05) is 42.2 Å². The third kappa shape index (κ3) is 4.67. The Morgan fingerprint density at radius 2 is 1.93 bits per heavy atom. The molecule has 41 heavy (non-hydrogen) atoms. The van der Waals surface area contributed by atoms with Crippen molar-refractivity contribution < 1.29 is 9.59 Å². The second kappa shape index (κ2) is 10.3. The van der Waals surface area contributed by atoms with Crippen molar-refractivity contribution in [2.75, 3.05) is 19.3 Å². The fourth-order valence-electron chi connectivity index (χ4n) is 5.25. The minimum Gasteiger partial charge on any atom is -0.381 e. The van der Waals surface area contributed by atoms with Gasteiger partial charge in [-0.25, -0.2) is 9.50 Å². The van der Waals surface area contributed by atoms with Gasteiger partial charge >= 0.3 is 0 Å². The Kier molecular flexibility index (Phi) is 6.47. The van der Waals surface area contributed by atoms with Crippen LogP contribution in [0.5, 0.6) is 0 Å². The first-order chi connectivity index (χ1) is 19.8. The van der Waals surface area contributed by atoms with Crippen LogP contribution in [0.4, 0.5) is 5.82 Å². The van der Waals surface area contributed by atoms with Crippen LogP contribution in [0.15, 0.2) is 77.9 Å². The van der Waals surface area contributed by atoms with Crippen LogP contribution in [0.1, 0.15) is 41.0 Å². The number of hydrogen-bond donors (Lipinski definition) is 2. The molecule has 3 aromatic heterocycles. The van der Waals surface area contributed by atoms with E-state index in [1.54, 1.807) is 35.0 Å². The number of aromatic nitrogens is 4. The molecule has 204 valence electrons. The van der Waals surface area contributed by atoms with Gasteiger partial charge in [0.05, 0.1) is 11.4 Å². The summed E-state index contributed by atoms with van der Waals surface area (Å²) >= 11 is 0. The van der Waals surface area contributed by atoms with Crippen molar-refractivity contribution >= 4 is 34.1 Å². The van der Waals surface area contributed by atoms with Crippen LogP contribution >= 0.6 is 0 Å². The van der Waals surface area contributed by atoms with E-state index in [0.29, 0.717) is 46.3 Å². The van der Waals surface area contributed by atoms with Crippen LogP contribution in [0, 0.1) is 17.8 Å². The SMILES string of the molecule is C[C@H](NC(=O)c1c(N)nn2cccnc12)c1cc2cccc(C#CC3CC(=O)N(C)C3)c2c(=O)n1-c1ccccc1. The summed E-state index contributed by atoms with van der Waals surface area (Å²) in [6.07, 6.45) is 3.60. The fourth-order valence-corrected chi connectivity index (χ4v) is 5.25. The molecule has 0 spiro atoms. The molecule has 0 saturated carbocycles. The molecule has 1 unspecified atom stereocenters. The molecule has 1 saturated heterocycles. The van der Waals surface area contributed by atoms with Crippen LogP contribution in [0.3, 0.4) is 0 Å². The number of pyridine rings is 1. The summed E-state index contributed by atoms with van der Waals surface area (Å²) in [5.74, 6) is 5.95. The first-order valence-corrected chi connectivity index (χ1v) is 13.2. The molecular weight excluding hydrogens is 518 g/mol. The Labute approximate surface area is 235 Å². The first kappa shape index (κ1) is 25.8. The maximum absolute atomic E-state index is 14.2. The number of anilines is 1. The van der Waals surface area contributed by atoms with Gasteiger partial charge in [-0.2, -0.15) is 0 Å². The molecule has 1 aliphatic heterocycles. The number of nitrogens with two attached hydrogens (primary N) is 1. The van der Waals surface area contributed by atoms with Crippen molar-refractivity contribution in [3.05, 3.63) is 100 Å². The molecule has 1 fully saturated rings. The number of amides is 2. The molecule has 3 N–H and O–H groups in total. The molecule has 6 rings (SSSR count). The number of nitrogens with zero attached hydrogens (tertiary/aromatic N) is 5. The molecular formula is C31H27N7O3. The number of carbonyl (C=O) groups is 2. The zero-order chi connectivity index (χ0) is 28.7. The summed E-state index contributed by atoms with van der Waals surface area (Å²) < 4.78 is 3.05. The van der Waals surface area contributed by atoms with Crippen LogP contribution in [-0.4, -0.2) is 49.5 Å². The Morgan fingerprint density at radius 3 is 2.68 bits per heavy atom. The fraction of sp³-hybridized carbons (Fsp3) is 0.194. The minimum absolute atomic E-state index is 0.0609. The highest BCUT2D eigenvalue weighted by atomic mass is 16.2. The van der Waals surface area contributed by atoms with E-state index in [2.05, 4.69) is 27.2 Å². The highest BCUT2D eigenvalue weighted by molar-refractivity contribution is 6.04. The first-order valence-electron chi connectivity index (χ1n) is 13.2. The predicted octanol–water partition coefficient (Wildman–Crippen LogP) is 2.94. The predicted molar refractivity (Wildman–Crippen MR) is 155 cm³/mol. The molecule has 4 heterocycles. The molecule has 2 atom stereocenters. The van der Waals surface area contributed by atoms with Gasteiger partial charge < -0.3 is 16.0 Å². The molecule has 1 aliphatic rings. The van der Waals surface area contributed by atoms with E-state index in [-0.39, 0.29) is 28.8 Å². The summed E-state index contributed by atoms with van der Waals surface area (Å²) in [4.78, 5) is 45.5. The number of hydrogen-bond acceptors (Lipinski definition) is 6. The second-order valence-electron chi connectivity index (χ2n) is 10.1. The van der Waals surface area contributed by atoms with Gasteiger partial charge in [-0.05, 0) is 42.6 Å². The van der Waals surface area contributed by atoms with E-state index in [4.69, 9.17) is 5.73 Å².